The minimum atomic E-state index is -3.74. The SMILES string of the molecule is Cc1cnc(Nc2ccc(N3CCN(C(=O)COCC(=O)N[C@H](C(=O)N4C[C@H](O)C[C@H]4C(=O)NCc4ccc(-c5scnc5C)cc4)C(C)(C)C)CC3)cc2)nc1Nc1cccc(S(=O)(=O)NC(C)(C)C)c1. The van der Waals surface area contributed by atoms with Crippen molar-refractivity contribution >= 4 is 73.8 Å². The second-order valence-corrected chi connectivity index (χ2v) is 22.7. The number of aryl methyl sites for hydroxylation is 2. The highest BCUT2D eigenvalue weighted by molar-refractivity contribution is 7.89. The van der Waals surface area contributed by atoms with E-state index in [-0.39, 0.29) is 36.9 Å². The number of benzene rings is 3. The minimum Gasteiger partial charge on any atom is -0.391 e. The van der Waals surface area contributed by atoms with Crippen molar-refractivity contribution in [3.63, 3.8) is 0 Å². The molecule has 0 aliphatic carbocycles. The molecule has 2 fully saturated rings. The fraction of sp³-hybridized carbons (Fsp3) is 0.431. The molecule has 0 unspecified atom stereocenters. The number of carbonyl (C=O) groups excluding carboxylic acids is 4. The molecule has 0 saturated carbocycles. The molecule has 72 heavy (non-hydrogen) atoms. The number of nitrogens with one attached hydrogen (secondary N) is 5. The number of aliphatic hydroxyl groups excluding tert-OH is 1. The summed E-state index contributed by atoms with van der Waals surface area (Å²) in [5.41, 5.74) is 6.29. The molecule has 2 saturated heterocycles. The second-order valence-electron chi connectivity index (χ2n) is 20.2. The molecule has 0 bridgehead atoms. The zero-order chi connectivity index (χ0) is 52.0. The number of rotatable bonds is 17. The van der Waals surface area contributed by atoms with Crippen LogP contribution in [0, 0.1) is 19.3 Å². The largest absolute Gasteiger partial charge is 0.391 e. The molecular formula is C51H65N11O8S2. The second kappa shape index (κ2) is 22.5. The predicted octanol–water partition coefficient (Wildman–Crippen LogP) is 5.26. The number of anilines is 5. The van der Waals surface area contributed by atoms with Crippen molar-refractivity contribution in [3.8, 4) is 10.4 Å². The van der Waals surface area contributed by atoms with Gasteiger partial charge >= 0.3 is 0 Å². The van der Waals surface area contributed by atoms with Crippen molar-refractivity contribution in [2.75, 3.05) is 61.5 Å². The minimum absolute atomic E-state index is 0.0559. The molecule has 7 rings (SSSR count). The molecule has 2 aromatic heterocycles. The summed E-state index contributed by atoms with van der Waals surface area (Å²) in [6, 6.07) is 20.1. The van der Waals surface area contributed by atoms with Gasteiger partial charge in [0, 0.05) is 80.1 Å². The van der Waals surface area contributed by atoms with Crippen LogP contribution in [-0.2, 0) is 40.5 Å². The van der Waals surface area contributed by atoms with Gasteiger partial charge < -0.3 is 45.8 Å². The summed E-state index contributed by atoms with van der Waals surface area (Å²) in [4.78, 5) is 73.7. The predicted molar refractivity (Wildman–Crippen MR) is 278 cm³/mol. The molecule has 0 spiro atoms. The lowest BCUT2D eigenvalue weighted by atomic mass is 9.85. The van der Waals surface area contributed by atoms with Crippen molar-refractivity contribution < 1.29 is 37.4 Å². The lowest BCUT2D eigenvalue weighted by Crippen LogP contribution is -2.58. The van der Waals surface area contributed by atoms with Gasteiger partial charge in [-0.25, -0.2) is 23.1 Å². The van der Waals surface area contributed by atoms with Crippen LogP contribution >= 0.6 is 11.3 Å². The lowest BCUT2D eigenvalue weighted by Gasteiger charge is -2.36. The normalized spacial score (nSPS) is 16.8. The number of ether oxygens (including phenoxy) is 1. The van der Waals surface area contributed by atoms with Gasteiger partial charge in [0.15, 0.2) is 0 Å². The lowest BCUT2D eigenvalue weighted by molar-refractivity contribution is -0.145. The molecule has 3 aromatic carbocycles. The van der Waals surface area contributed by atoms with Crippen LogP contribution in [0.4, 0.5) is 28.8 Å². The van der Waals surface area contributed by atoms with Gasteiger partial charge in [-0.3, -0.25) is 19.2 Å². The Hall–Kier alpha value is -6.52. The number of hydrogen-bond acceptors (Lipinski definition) is 15. The van der Waals surface area contributed by atoms with E-state index in [9.17, 15) is 32.7 Å². The summed E-state index contributed by atoms with van der Waals surface area (Å²) in [7, 11) is -3.74. The van der Waals surface area contributed by atoms with Gasteiger partial charge in [-0.05, 0) is 93.6 Å². The molecule has 2 aliphatic heterocycles. The molecule has 0 radical (unpaired) electrons. The van der Waals surface area contributed by atoms with E-state index in [0.717, 1.165) is 38.6 Å². The van der Waals surface area contributed by atoms with Crippen molar-refractivity contribution in [3.05, 3.63) is 101 Å². The number of piperazine rings is 1. The summed E-state index contributed by atoms with van der Waals surface area (Å²) in [5, 5.41) is 22.7. The number of β-amino-alcohol motifs (C(OH)–C–C–N with tert-alkyl or cyclic N) is 1. The Morgan fingerprint density at radius 2 is 1.58 bits per heavy atom. The van der Waals surface area contributed by atoms with E-state index in [1.165, 1.54) is 11.0 Å². The first kappa shape index (κ1) is 53.3. The number of nitrogens with zero attached hydrogens (tertiary/aromatic N) is 6. The Balaban J connectivity index is 0.848. The van der Waals surface area contributed by atoms with E-state index in [1.54, 1.807) is 87.7 Å². The first-order chi connectivity index (χ1) is 34.0. The summed E-state index contributed by atoms with van der Waals surface area (Å²) in [6.07, 6.45) is 0.830. The molecule has 384 valence electrons. The fourth-order valence-electron chi connectivity index (χ4n) is 8.37. The average Bonchev–Trinajstić information content (AvgIpc) is 3.95. The summed E-state index contributed by atoms with van der Waals surface area (Å²) < 4.78 is 34.1. The molecular weight excluding hydrogens is 959 g/mol. The van der Waals surface area contributed by atoms with Crippen LogP contribution in [-0.4, -0.2) is 132 Å². The van der Waals surface area contributed by atoms with E-state index >= 15 is 0 Å². The Morgan fingerprint density at radius 3 is 2.24 bits per heavy atom. The Kier molecular flexibility index (Phi) is 16.6. The number of aromatic nitrogens is 3. The van der Waals surface area contributed by atoms with Gasteiger partial charge in [0.05, 0.1) is 27.1 Å². The maximum absolute atomic E-state index is 14.1. The highest BCUT2D eigenvalue weighted by Gasteiger charge is 2.44. The third-order valence-electron chi connectivity index (χ3n) is 12.1. The van der Waals surface area contributed by atoms with Crippen LogP contribution in [0.3, 0.4) is 0 Å². The molecule has 5 aromatic rings. The smallest absolute Gasteiger partial charge is 0.248 e. The van der Waals surface area contributed by atoms with Crippen molar-refractivity contribution in [1.82, 2.24) is 40.1 Å². The van der Waals surface area contributed by atoms with Gasteiger partial charge in [0.2, 0.25) is 39.6 Å². The van der Waals surface area contributed by atoms with Gasteiger partial charge in [-0.2, -0.15) is 4.98 Å². The molecule has 3 atom stereocenters. The standard InChI is InChI=1S/C51H65N11O8S2/c1-32-26-53-49(58-46(32)55-37-10-9-11-40(24-37)72(68,69)59-51(6,7)8)56-36-16-18-38(19-17-36)60-20-22-61(23-21-60)43(65)30-70-29-42(64)57-45(50(3,4)5)48(67)62-28-39(63)25-41(62)47(66)52-27-34-12-14-35(15-13-34)44-33(2)54-31-71-44/h9-19,24,26,31,39,41,45,59,63H,20-23,25,27-30H2,1-8H3,(H,52,66)(H,57,64)(H2,53,55,56,58)/t39-,41+,45-/m1/s1. The number of aliphatic hydroxyl groups is 1. The summed E-state index contributed by atoms with van der Waals surface area (Å²) >= 11 is 1.56. The third kappa shape index (κ3) is 13.9. The van der Waals surface area contributed by atoms with Gasteiger partial charge in [0.1, 0.15) is 31.1 Å². The van der Waals surface area contributed by atoms with E-state index < -0.39 is 63.5 Å². The maximum atomic E-state index is 14.1. The molecule has 2 aliphatic rings. The first-order valence-electron chi connectivity index (χ1n) is 23.8. The van der Waals surface area contributed by atoms with Crippen molar-refractivity contribution in [2.24, 2.45) is 5.41 Å². The van der Waals surface area contributed by atoms with E-state index in [2.05, 4.69) is 45.8 Å². The fourth-order valence-corrected chi connectivity index (χ4v) is 10.6. The van der Waals surface area contributed by atoms with Crippen LogP contribution in [0.2, 0.25) is 0 Å². The molecule has 4 heterocycles. The van der Waals surface area contributed by atoms with Crippen LogP contribution in [0.25, 0.3) is 10.4 Å². The van der Waals surface area contributed by atoms with Crippen LogP contribution < -0.4 is 30.9 Å². The monoisotopic (exact) mass is 1020 g/mol. The number of sulfonamides is 1. The van der Waals surface area contributed by atoms with Crippen LogP contribution in [0.5, 0.6) is 0 Å². The third-order valence-corrected chi connectivity index (χ3v) is 14.8. The zero-order valence-electron chi connectivity index (χ0n) is 42.0. The van der Waals surface area contributed by atoms with Crippen LogP contribution in [0.1, 0.15) is 64.8 Å². The van der Waals surface area contributed by atoms with E-state index in [0.29, 0.717) is 43.6 Å². The first-order valence-corrected chi connectivity index (χ1v) is 26.2. The van der Waals surface area contributed by atoms with Gasteiger partial charge in [-0.15, -0.1) is 11.3 Å². The topological polar surface area (TPSA) is 240 Å². The molecule has 19 nitrogen and oxygen atoms in total. The van der Waals surface area contributed by atoms with Crippen molar-refractivity contribution in [2.45, 2.75) is 97.0 Å². The Morgan fingerprint density at radius 1 is 0.875 bits per heavy atom. The number of thiazole rings is 1. The van der Waals surface area contributed by atoms with Gasteiger partial charge in [-0.1, -0.05) is 51.1 Å². The highest BCUT2D eigenvalue weighted by Crippen LogP contribution is 2.30. The van der Waals surface area contributed by atoms with E-state index in [4.69, 9.17) is 4.74 Å². The Labute approximate surface area is 425 Å². The summed E-state index contributed by atoms with van der Waals surface area (Å²) in [5.74, 6) is -0.893. The quantitative estimate of drug-likeness (QED) is 0.0698. The van der Waals surface area contributed by atoms with E-state index in [1.807, 2.05) is 62.4 Å². The van der Waals surface area contributed by atoms with Crippen molar-refractivity contribution in [1.29, 1.82) is 0 Å². The highest BCUT2D eigenvalue weighted by atomic mass is 32.2. The average molecular weight is 1020 g/mol. The summed E-state index contributed by atoms with van der Waals surface area (Å²) in [6.45, 7) is 16.0. The van der Waals surface area contributed by atoms with Crippen LogP contribution in [0.15, 0.2) is 89.4 Å². The maximum Gasteiger partial charge on any atom is 0.248 e. The number of amides is 4. The number of carbonyl (C=O) groups is 4. The molecule has 6 N–H and O–H groups in total. The Bertz CT molecular complexity index is 2840. The molecule has 21 heteroatoms. The van der Waals surface area contributed by atoms with Gasteiger partial charge in [0.25, 0.3) is 0 Å². The number of hydrogen-bond donors (Lipinski definition) is 6. The molecule has 4 amide bonds. The number of likely N-dealkylation sites (tertiary alicyclic amines) is 1. The zero-order valence-corrected chi connectivity index (χ0v) is 43.6.